The van der Waals surface area contributed by atoms with Gasteiger partial charge in [0.15, 0.2) is 0 Å². The third kappa shape index (κ3) is 2.22. The molecule has 8 nitrogen and oxygen atoms in total. The number of nitrogens with zero attached hydrogens (tertiary/aromatic N) is 6. The molecule has 112 valence electrons. The van der Waals surface area contributed by atoms with Crippen molar-refractivity contribution >= 4 is 16.9 Å². The lowest BCUT2D eigenvalue weighted by Gasteiger charge is -2.22. The first-order valence-electron chi connectivity index (χ1n) is 7.26. The van der Waals surface area contributed by atoms with Crippen LogP contribution in [-0.4, -0.2) is 47.5 Å². The van der Waals surface area contributed by atoms with Gasteiger partial charge < -0.3 is 9.88 Å². The normalized spacial score (nSPS) is 18.2. The number of nitrogens with one attached hydrogen (secondary N) is 1. The number of para-hydroxylation sites is 2. The Morgan fingerprint density at radius 3 is 3.09 bits per heavy atom. The quantitative estimate of drug-likeness (QED) is 0.775. The predicted molar refractivity (Wildman–Crippen MR) is 77.6 cm³/mol. The van der Waals surface area contributed by atoms with Crippen molar-refractivity contribution in [3.63, 3.8) is 0 Å². The first-order chi connectivity index (χ1) is 10.8. The predicted octanol–water partition coefficient (Wildman–Crippen LogP) is 0.913. The van der Waals surface area contributed by atoms with E-state index >= 15 is 0 Å². The Labute approximate surface area is 126 Å². The summed E-state index contributed by atoms with van der Waals surface area (Å²) in [6.07, 6.45) is 3.34. The first kappa shape index (κ1) is 12.9. The number of hydrogen-bond donors (Lipinski definition) is 1. The van der Waals surface area contributed by atoms with Gasteiger partial charge in [-0.15, -0.1) is 5.10 Å². The third-order valence-corrected chi connectivity index (χ3v) is 3.99. The standard InChI is InChI=1S/C14H15N7O/c22-13(8-20-9-15-18-19-20)21-7-3-6-12(21)14-16-10-4-1-2-5-11(10)17-14/h1-2,4-5,9,12H,3,6-8H2,(H,16,17)/t12-/m1/s1. The summed E-state index contributed by atoms with van der Waals surface area (Å²) >= 11 is 0. The number of amides is 1. The second-order valence-corrected chi connectivity index (χ2v) is 5.39. The van der Waals surface area contributed by atoms with Gasteiger partial charge >= 0.3 is 0 Å². The molecule has 1 atom stereocenters. The molecule has 0 spiro atoms. The number of carbonyl (C=O) groups is 1. The minimum Gasteiger partial charge on any atom is -0.340 e. The van der Waals surface area contributed by atoms with Crippen LogP contribution >= 0.6 is 0 Å². The Morgan fingerprint density at radius 2 is 2.27 bits per heavy atom. The molecule has 0 saturated carbocycles. The first-order valence-corrected chi connectivity index (χ1v) is 7.26. The average Bonchev–Trinajstić information content (AvgIpc) is 3.26. The van der Waals surface area contributed by atoms with Gasteiger partial charge in [-0.05, 0) is 35.4 Å². The Hall–Kier alpha value is -2.77. The molecule has 1 aliphatic heterocycles. The highest BCUT2D eigenvalue weighted by Gasteiger charge is 2.32. The molecule has 4 rings (SSSR count). The van der Waals surface area contributed by atoms with E-state index in [9.17, 15) is 4.79 Å². The molecule has 1 aliphatic rings. The van der Waals surface area contributed by atoms with Crippen LogP contribution in [0.25, 0.3) is 11.0 Å². The van der Waals surface area contributed by atoms with Gasteiger partial charge in [-0.25, -0.2) is 9.67 Å². The van der Waals surface area contributed by atoms with Crippen molar-refractivity contribution in [1.29, 1.82) is 0 Å². The average molecular weight is 297 g/mol. The molecule has 0 unspecified atom stereocenters. The highest BCUT2D eigenvalue weighted by atomic mass is 16.2. The minimum absolute atomic E-state index is 0.00335. The minimum atomic E-state index is -0.00335. The van der Waals surface area contributed by atoms with Gasteiger partial charge in [0.2, 0.25) is 5.91 Å². The number of hydrogen-bond acceptors (Lipinski definition) is 5. The van der Waals surface area contributed by atoms with E-state index in [2.05, 4.69) is 25.5 Å². The fraction of sp³-hybridized carbons (Fsp3) is 0.357. The van der Waals surface area contributed by atoms with Crippen molar-refractivity contribution < 1.29 is 4.79 Å². The van der Waals surface area contributed by atoms with E-state index in [0.717, 1.165) is 36.2 Å². The van der Waals surface area contributed by atoms with Crippen LogP contribution in [0.2, 0.25) is 0 Å². The van der Waals surface area contributed by atoms with E-state index in [1.54, 1.807) is 0 Å². The van der Waals surface area contributed by atoms with Crippen molar-refractivity contribution in [3.05, 3.63) is 36.4 Å². The summed E-state index contributed by atoms with van der Waals surface area (Å²) in [6, 6.07) is 7.89. The van der Waals surface area contributed by atoms with Crippen LogP contribution in [-0.2, 0) is 11.3 Å². The van der Waals surface area contributed by atoms with Gasteiger partial charge in [0.1, 0.15) is 18.7 Å². The topological polar surface area (TPSA) is 92.6 Å². The van der Waals surface area contributed by atoms with Crippen molar-refractivity contribution in [1.82, 2.24) is 35.1 Å². The van der Waals surface area contributed by atoms with Gasteiger partial charge in [-0.3, -0.25) is 4.79 Å². The van der Waals surface area contributed by atoms with Gasteiger partial charge in [-0.2, -0.15) is 0 Å². The molecule has 1 amide bonds. The van der Waals surface area contributed by atoms with Crippen LogP contribution in [0.1, 0.15) is 24.7 Å². The Kier molecular flexibility index (Phi) is 3.06. The summed E-state index contributed by atoms with van der Waals surface area (Å²) in [5.41, 5.74) is 1.93. The van der Waals surface area contributed by atoms with E-state index in [-0.39, 0.29) is 18.5 Å². The fourth-order valence-corrected chi connectivity index (χ4v) is 2.96. The van der Waals surface area contributed by atoms with Crippen molar-refractivity contribution in [2.45, 2.75) is 25.4 Å². The second kappa shape index (κ2) is 5.21. The number of benzene rings is 1. The Bertz CT molecular complexity index is 761. The van der Waals surface area contributed by atoms with Crippen LogP contribution in [0.15, 0.2) is 30.6 Å². The fourth-order valence-electron chi connectivity index (χ4n) is 2.96. The summed E-state index contributed by atoms with van der Waals surface area (Å²) in [5.74, 6) is 0.860. The smallest absolute Gasteiger partial charge is 0.245 e. The third-order valence-electron chi connectivity index (χ3n) is 3.99. The number of carbonyl (C=O) groups excluding carboxylic acids is 1. The highest BCUT2D eigenvalue weighted by Crippen LogP contribution is 2.31. The molecule has 0 radical (unpaired) electrons. The monoisotopic (exact) mass is 297 g/mol. The Morgan fingerprint density at radius 1 is 1.36 bits per heavy atom. The van der Waals surface area contributed by atoms with E-state index in [4.69, 9.17) is 0 Å². The van der Waals surface area contributed by atoms with Crippen molar-refractivity contribution in [3.8, 4) is 0 Å². The van der Waals surface area contributed by atoms with E-state index in [0.29, 0.717) is 0 Å². The molecule has 0 aliphatic carbocycles. The zero-order valence-electron chi connectivity index (χ0n) is 11.9. The lowest BCUT2D eigenvalue weighted by molar-refractivity contribution is -0.133. The number of imidazole rings is 1. The highest BCUT2D eigenvalue weighted by molar-refractivity contribution is 5.77. The number of likely N-dealkylation sites (tertiary alicyclic amines) is 1. The summed E-state index contributed by atoms with van der Waals surface area (Å²) in [6.45, 7) is 0.895. The van der Waals surface area contributed by atoms with Crippen LogP contribution in [0.3, 0.4) is 0 Å². The van der Waals surface area contributed by atoms with Crippen molar-refractivity contribution in [2.75, 3.05) is 6.54 Å². The molecular weight excluding hydrogens is 282 g/mol. The summed E-state index contributed by atoms with van der Waals surface area (Å²) in [4.78, 5) is 22.3. The number of fused-ring (bicyclic) bond motifs is 1. The summed E-state index contributed by atoms with van der Waals surface area (Å²) in [5, 5.41) is 10.8. The molecule has 0 bridgehead atoms. The SMILES string of the molecule is O=C(Cn1cnnn1)N1CCC[C@@H]1c1nc2ccccc2[nH]1. The van der Waals surface area contributed by atoms with E-state index < -0.39 is 0 Å². The summed E-state index contributed by atoms with van der Waals surface area (Å²) in [7, 11) is 0. The van der Waals surface area contributed by atoms with Gasteiger partial charge in [0.25, 0.3) is 0 Å². The van der Waals surface area contributed by atoms with Gasteiger partial charge in [0, 0.05) is 6.54 Å². The zero-order valence-corrected chi connectivity index (χ0v) is 11.9. The maximum Gasteiger partial charge on any atom is 0.245 e. The van der Waals surface area contributed by atoms with E-state index in [1.165, 1.54) is 11.0 Å². The van der Waals surface area contributed by atoms with Crippen LogP contribution in [0.5, 0.6) is 0 Å². The lowest BCUT2D eigenvalue weighted by Crippen LogP contribution is -2.34. The van der Waals surface area contributed by atoms with Crippen LogP contribution < -0.4 is 0 Å². The maximum atomic E-state index is 12.5. The largest absolute Gasteiger partial charge is 0.340 e. The molecule has 1 aromatic carbocycles. The molecule has 22 heavy (non-hydrogen) atoms. The number of aromatic nitrogens is 6. The number of H-pyrrole nitrogens is 1. The second-order valence-electron chi connectivity index (χ2n) is 5.39. The molecule has 1 N–H and O–H groups in total. The summed E-state index contributed by atoms with van der Waals surface area (Å²) < 4.78 is 1.44. The van der Waals surface area contributed by atoms with Crippen molar-refractivity contribution in [2.24, 2.45) is 0 Å². The van der Waals surface area contributed by atoms with Crippen LogP contribution in [0.4, 0.5) is 0 Å². The molecule has 2 aromatic heterocycles. The van der Waals surface area contributed by atoms with Crippen LogP contribution in [0, 0.1) is 0 Å². The Balaban J connectivity index is 1.58. The molecule has 1 fully saturated rings. The van der Waals surface area contributed by atoms with Gasteiger partial charge in [0.05, 0.1) is 17.1 Å². The maximum absolute atomic E-state index is 12.5. The molecule has 3 aromatic rings. The number of tetrazole rings is 1. The molecule has 8 heteroatoms. The molecular formula is C14H15N7O. The number of rotatable bonds is 3. The number of aromatic amines is 1. The molecule has 3 heterocycles. The van der Waals surface area contributed by atoms with Gasteiger partial charge in [-0.1, -0.05) is 12.1 Å². The zero-order chi connectivity index (χ0) is 14.9. The van der Waals surface area contributed by atoms with E-state index in [1.807, 2.05) is 29.2 Å². The molecule has 1 saturated heterocycles. The lowest BCUT2D eigenvalue weighted by atomic mass is 10.2.